The number of fused-ring (bicyclic) bond motifs is 1. The van der Waals surface area contributed by atoms with Crippen LogP contribution in [0.4, 0.5) is 0 Å². The number of para-hydroxylation sites is 1. The van der Waals surface area contributed by atoms with Crippen LogP contribution in [-0.2, 0) is 11.3 Å². The molecule has 1 aromatic carbocycles. The van der Waals surface area contributed by atoms with Gasteiger partial charge in [-0.3, -0.25) is 0 Å². The highest BCUT2D eigenvalue weighted by molar-refractivity contribution is 8.00. The van der Waals surface area contributed by atoms with Crippen LogP contribution in [0.25, 0.3) is 0 Å². The molecule has 0 unspecified atom stereocenters. The van der Waals surface area contributed by atoms with Gasteiger partial charge in [-0.2, -0.15) is 0 Å². The van der Waals surface area contributed by atoms with Crippen LogP contribution in [0.5, 0.6) is 5.75 Å². The number of isocyanates is 1. The Morgan fingerprint density at radius 1 is 1.53 bits per heavy atom. The quantitative estimate of drug-likeness (QED) is 0.569. The highest BCUT2D eigenvalue weighted by Gasteiger charge is 2.32. The Balaban J connectivity index is 2.37. The molecule has 4 heteroatoms. The topological polar surface area (TPSA) is 38.7 Å². The molecule has 3 nitrogen and oxygen atoms in total. The fraction of sp³-hybridized carbons (Fsp3) is 0.364. The number of carbonyl (C=O) groups excluding carboxylic acids is 1. The number of hydrogen-bond acceptors (Lipinski definition) is 4. The SMILES string of the molecule is CC1(C)Oc2c(CN=C=O)cccc2S1. The van der Waals surface area contributed by atoms with Gasteiger partial charge in [0.25, 0.3) is 0 Å². The third-order valence-electron chi connectivity index (χ3n) is 2.08. The lowest BCUT2D eigenvalue weighted by atomic mass is 10.2. The molecule has 1 aromatic rings. The highest BCUT2D eigenvalue weighted by Crippen LogP contribution is 2.48. The van der Waals surface area contributed by atoms with Crippen LogP contribution in [0.2, 0.25) is 0 Å². The molecule has 78 valence electrons. The molecule has 2 rings (SSSR count). The smallest absolute Gasteiger partial charge is 0.235 e. The molecule has 0 N–H and O–H groups in total. The zero-order valence-corrected chi connectivity index (χ0v) is 9.43. The lowest BCUT2D eigenvalue weighted by molar-refractivity contribution is 0.213. The second-order valence-electron chi connectivity index (χ2n) is 3.76. The summed E-state index contributed by atoms with van der Waals surface area (Å²) in [7, 11) is 0. The van der Waals surface area contributed by atoms with E-state index in [2.05, 4.69) is 4.99 Å². The van der Waals surface area contributed by atoms with E-state index in [9.17, 15) is 4.79 Å². The lowest BCUT2D eigenvalue weighted by Gasteiger charge is -2.16. The molecule has 0 atom stereocenters. The molecule has 0 aromatic heterocycles. The molecular formula is C11H11NO2S. The second-order valence-corrected chi connectivity index (χ2v) is 5.38. The van der Waals surface area contributed by atoms with E-state index in [-0.39, 0.29) is 4.93 Å². The molecule has 0 radical (unpaired) electrons. The van der Waals surface area contributed by atoms with Crippen molar-refractivity contribution in [1.29, 1.82) is 0 Å². The molecule has 1 heterocycles. The van der Waals surface area contributed by atoms with Crippen LogP contribution < -0.4 is 4.74 Å². The number of benzene rings is 1. The Labute approximate surface area is 92.5 Å². The van der Waals surface area contributed by atoms with E-state index in [0.29, 0.717) is 6.54 Å². The molecule has 0 aliphatic carbocycles. The number of ether oxygens (including phenoxy) is 1. The van der Waals surface area contributed by atoms with Crippen molar-refractivity contribution >= 4 is 17.8 Å². The van der Waals surface area contributed by atoms with Gasteiger partial charge in [0.1, 0.15) is 5.75 Å². The van der Waals surface area contributed by atoms with E-state index in [1.807, 2.05) is 32.0 Å². The summed E-state index contributed by atoms with van der Waals surface area (Å²) < 4.78 is 5.80. The van der Waals surface area contributed by atoms with Gasteiger partial charge in [-0.15, -0.1) is 0 Å². The first-order chi connectivity index (χ1) is 7.12. The van der Waals surface area contributed by atoms with Crippen molar-refractivity contribution in [2.24, 2.45) is 4.99 Å². The zero-order valence-electron chi connectivity index (χ0n) is 8.61. The molecule has 0 spiro atoms. The predicted molar refractivity (Wildman–Crippen MR) is 58.8 cm³/mol. The molecule has 0 bridgehead atoms. The van der Waals surface area contributed by atoms with Gasteiger partial charge in [-0.25, -0.2) is 9.79 Å². The Hall–Kier alpha value is -1.25. The lowest BCUT2D eigenvalue weighted by Crippen LogP contribution is -2.18. The number of nitrogens with zero attached hydrogens (tertiary/aromatic N) is 1. The third-order valence-corrected chi connectivity index (χ3v) is 3.19. The van der Waals surface area contributed by atoms with Gasteiger partial charge in [-0.1, -0.05) is 23.9 Å². The Kier molecular flexibility index (Phi) is 2.55. The minimum Gasteiger partial charge on any atom is -0.475 e. The molecule has 1 aliphatic rings. The predicted octanol–water partition coefficient (Wildman–Crippen LogP) is 2.74. The first-order valence-corrected chi connectivity index (χ1v) is 5.47. The summed E-state index contributed by atoms with van der Waals surface area (Å²) in [4.78, 5) is 14.5. The maximum atomic E-state index is 10.1. The van der Waals surface area contributed by atoms with Crippen molar-refractivity contribution in [3.05, 3.63) is 23.8 Å². The summed E-state index contributed by atoms with van der Waals surface area (Å²) >= 11 is 1.68. The van der Waals surface area contributed by atoms with E-state index in [0.717, 1.165) is 16.2 Å². The van der Waals surface area contributed by atoms with E-state index in [1.54, 1.807) is 17.8 Å². The summed E-state index contributed by atoms with van der Waals surface area (Å²) in [6, 6.07) is 5.89. The minimum absolute atomic E-state index is 0.233. The third kappa shape index (κ3) is 2.06. The van der Waals surface area contributed by atoms with Crippen molar-refractivity contribution in [3.8, 4) is 5.75 Å². The monoisotopic (exact) mass is 221 g/mol. The van der Waals surface area contributed by atoms with Gasteiger partial charge < -0.3 is 4.74 Å². The van der Waals surface area contributed by atoms with Crippen LogP contribution in [-0.4, -0.2) is 11.0 Å². The Morgan fingerprint density at radius 3 is 3.07 bits per heavy atom. The van der Waals surface area contributed by atoms with E-state index < -0.39 is 0 Å². The summed E-state index contributed by atoms with van der Waals surface area (Å²) in [6.45, 7) is 4.37. The van der Waals surface area contributed by atoms with Crippen LogP contribution in [0.1, 0.15) is 19.4 Å². The van der Waals surface area contributed by atoms with E-state index in [4.69, 9.17) is 4.74 Å². The van der Waals surface area contributed by atoms with Gasteiger partial charge >= 0.3 is 0 Å². The maximum absolute atomic E-state index is 10.1. The van der Waals surface area contributed by atoms with E-state index >= 15 is 0 Å². The molecular weight excluding hydrogens is 210 g/mol. The van der Waals surface area contributed by atoms with Gasteiger partial charge in [0.05, 0.1) is 11.4 Å². The maximum Gasteiger partial charge on any atom is 0.235 e. The average molecular weight is 221 g/mol. The minimum atomic E-state index is -0.233. The van der Waals surface area contributed by atoms with Crippen molar-refractivity contribution < 1.29 is 9.53 Å². The van der Waals surface area contributed by atoms with Gasteiger partial charge in [-0.05, 0) is 19.9 Å². The summed E-state index contributed by atoms with van der Waals surface area (Å²) in [5, 5.41) is 0. The van der Waals surface area contributed by atoms with Crippen molar-refractivity contribution in [2.75, 3.05) is 0 Å². The van der Waals surface area contributed by atoms with Crippen molar-refractivity contribution in [3.63, 3.8) is 0 Å². The fourth-order valence-corrected chi connectivity index (χ4v) is 2.60. The van der Waals surface area contributed by atoms with Gasteiger partial charge in [0, 0.05) is 5.56 Å². The first kappa shape index (κ1) is 10.3. The van der Waals surface area contributed by atoms with E-state index in [1.165, 1.54) is 0 Å². The van der Waals surface area contributed by atoms with Crippen LogP contribution >= 0.6 is 11.8 Å². The van der Waals surface area contributed by atoms with Crippen molar-refractivity contribution in [1.82, 2.24) is 0 Å². The molecule has 0 saturated heterocycles. The van der Waals surface area contributed by atoms with Crippen LogP contribution in [0.15, 0.2) is 28.1 Å². The number of thioether (sulfide) groups is 1. The standard InChI is InChI=1S/C11H11NO2S/c1-11(2)14-10-8(6-12-7-13)4-3-5-9(10)15-11/h3-5H,6H2,1-2H3. The largest absolute Gasteiger partial charge is 0.475 e. The number of rotatable bonds is 2. The van der Waals surface area contributed by atoms with Crippen LogP contribution in [0, 0.1) is 0 Å². The molecule has 0 fully saturated rings. The Morgan fingerprint density at radius 2 is 2.33 bits per heavy atom. The van der Waals surface area contributed by atoms with Gasteiger partial charge in [0.15, 0.2) is 4.93 Å². The second kappa shape index (κ2) is 3.72. The molecule has 0 saturated carbocycles. The molecule has 0 amide bonds. The first-order valence-electron chi connectivity index (χ1n) is 4.66. The fourth-order valence-electron chi connectivity index (χ4n) is 1.53. The summed E-state index contributed by atoms with van der Waals surface area (Å²) in [5.74, 6) is 0.853. The number of aliphatic imine (C=N–C) groups is 1. The van der Waals surface area contributed by atoms with Crippen LogP contribution in [0.3, 0.4) is 0 Å². The van der Waals surface area contributed by atoms with Crippen molar-refractivity contribution in [2.45, 2.75) is 30.2 Å². The van der Waals surface area contributed by atoms with Gasteiger partial charge in [0.2, 0.25) is 6.08 Å². The number of hydrogen-bond donors (Lipinski definition) is 0. The normalized spacial score (nSPS) is 16.4. The Bertz CT molecular complexity index is 436. The average Bonchev–Trinajstić information content (AvgIpc) is 2.49. The molecule has 1 aliphatic heterocycles. The zero-order chi connectivity index (χ0) is 10.9. The summed E-state index contributed by atoms with van der Waals surface area (Å²) in [5.41, 5.74) is 0.939. The summed E-state index contributed by atoms with van der Waals surface area (Å²) in [6.07, 6.45) is 1.54. The molecule has 15 heavy (non-hydrogen) atoms. The highest BCUT2D eigenvalue weighted by atomic mass is 32.2.